The Morgan fingerprint density at radius 2 is 1.73 bits per heavy atom. The number of nitrogens with zero attached hydrogens (tertiary/aromatic N) is 2. The largest absolute Gasteiger partial charge is 0.399 e. The zero-order valence-corrected chi connectivity index (χ0v) is 8.44. The van der Waals surface area contributed by atoms with E-state index in [1.807, 2.05) is 31.2 Å². The highest BCUT2D eigenvalue weighted by Gasteiger charge is 2.03. The monoisotopic (exact) mass is 200 g/mol. The molecule has 0 unspecified atom stereocenters. The van der Waals surface area contributed by atoms with Gasteiger partial charge in [0.05, 0.1) is 5.69 Å². The van der Waals surface area contributed by atoms with Gasteiger partial charge in [-0.15, -0.1) is 0 Å². The smallest absolute Gasteiger partial charge is 0.220 e. The number of nitrogen functional groups attached to an aromatic ring is 2. The molecule has 4 heteroatoms. The molecule has 0 amide bonds. The van der Waals surface area contributed by atoms with Crippen LogP contribution in [-0.2, 0) is 0 Å². The maximum absolute atomic E-state index is 5.62. The lowest BCUT2D eigenvalue weighted by Crippen LogP contribution is -1.98. The summed E-state index contributed by atoms with van der Waals surface area (Å²) >= 11 is 0. The topological polar surface area (TPSA) is 77.8 Å². The Bertz CT molecular complexity index is 476. The number of nitrogens with two attached hydrogens (primary N) is 2. The zero-order valence-electron chi connectivity index (χ0n) is 8.44. The Morgan fingerprint density at radius 3 is 2.33 bits per heavy atom. The van der Waals surface area contributed by atoms with E-state index in [0.29, 0.717) is 5.95 Å². The van der Waals surface area contributed by atoms with Crippen molar-refractivity contribution in [2.24, 2.45) is 0 Å². The summed E-state index contributed by atoms with van der Waals surface area (Å²) in [6.07, 6.45) is 1.73. The molecule has 0 saturated carbocycles. The Morgan fingerprint density at radius 1 is 1.07 bits per heavy atom. The molecule has 1 aromatic carbocycles. The van der Waals surface area contributed by atoms with Gasteiger partial charge in [-0.25, -0.2) is 9.97 Å². The van der Waals surface area contributed by atoms with E-state index in [-0.39, 0.29) is 0 Å². The Labute approximate surface area is 88.0 Å². The molecular formula is C11H12N4. The van der Waals surface area contributed by atoms with Crippen molar-refractivity contribution in [1.82, 2.24) is 9.97 Å². The van der Waals surface area contributed by atoms with Crippen molar-refractivity contribution >= 4 is 11.6 Å². The van der Waals surface area contributed by atoms with Crippen molar-refractivity contribution in [3.63, 3.8) is 0 Å². The maximum atomic E-state index is 5.62. The first-order valence-electron chi connectivity index (χ1n) is 4.62. The fourth-order valence-electron chi connectivity index (χ4n) is 1.43. The van der Waals surface area contributed by atoms with Gasteiger partial charge in [-0.05, 0) is 24.6 Å². The summed E-state index contributed by atoms with van der Waals surface area (Å²) in [7, 11) is 0. The fourth-order valence-corrected chi connectivity index (χ4v) is 1.43. The molecule has 1 heterocycles. The van der Waals surface area contributed by atoms with Crippen LogP contribution in [0, 0.1) is 6.92 Å². The van der Waals surface area contributed by atoms with E-state index >= 15 is 0 Å². The van der Waals surface area contributed by atoms with E-state index in [4.69, 9.17) is 11.5 Å². The fraction of sp³-hybridized carbons (Fsp3) is 0.0909. The molecule has 0 bridgehead atoms. The van der Waals surface area contributed by atoms with Crippen LogP contribution in [0.1, 0.15) is 5.69 Å². The summed E-state index contributed by atoms with van der Waals surface area (Å²) in [6, 6.07) is 7.59. The van der Waals surface area contributed by atoms with Gasteiger partial charge in [-0.1, -0.05) is 12.1 Å². The van der Waals surface area contributed by atoms with Crippen LogP contribution < -0.4 is 11.5 Å². The molecule has 0 aliphatic carbocycles. The second-order valence-corrected chi connectivity index (χ2v) is 3.35. The average molecular weight is 200 g/mol. The summed E-state index contributed by atoms with van der Waals surface area (Å²) in [5.74, 6) is 0.298. The SMILES string of the molecule is Cc1nc(N)ncc1-c1ccc(N)cc1. The highest BCUT2D eigenvalue weighted by atomic mass is 15.0. The van der Waals surface area contributed by atoms with Crippen LogP contribution in [-0.4, -0.2) is 9.97 Å². The van der Waals surface area contributed by atoms with E-state index in [0.717, 1.165) is 22.5 Å². The normalized spacial score (nSPS) is 10.2. The van der Waals surface area contributed by atoms with E-state index in [2.05, 4.69) is 9.97 Å². The van der Waals surface area contributed by atoms with Crippen LogP contribution in [0.3, 0.4) is 0 Å². The van der Waals surface area contributed by atoms with Gasteiger partial charge in [0.15, 0.2) is 0 Å². The van der Waals surface area contributed by atoms with Gasteiger partial charge in [0.25, 0.3) is 0 Å². The molecular weight excluding hydrogens is 188 g/mol. The molecule has 0 aliphatic rings. The molecule has 15 heavy (non-hydrogen) atoms. The third-order valence-corrected chi connectivity index (χ3v) is 2.22. The highest BCUT2D eigenvalue weighted by molar-refractivity contribution is 5.67. The van der Waals surface area contributed by atoms with Crippen molar-refractivity contribution in [3.05, 3.63) is 36.2 Å². The van der Waals surface area contributed by atoms with Gasteiger partial charge in [0.2, 0.25) is 5.95 Å². The maximum Gasteiger partial charge on any atom is 0.220 e. The van der Waals surface area contributed by atoms with Crippen LogP contribution >= 0.6 is 0 Å². The minimum absolute atomic E-state index is 0.298. The van der Waals surface area contributed by atoms with Crippen molar-refractivity contribution in [1.29, 1.82) is 0 Å². The minimum atomic E-state index is 0.298. The third-order valence-electron chi connectivity index (χ3n) is 2.22. The predicted molar refractivity (Wildman–Crippen MR) is 61.0 cm³/mol. The lowest BCUT2D eigenvalue weighted by atomic mass is 10.1. The van der Waals surface area contributed by atoms with E-state index < -0.39 is 0 Å². The molecule has 0 radical (unpaired) electrons. The molecule has 2 aromatic rings. The molecule has 2 rings (SSSR count). The number of aryl methyl sites for hydroxylation is 1. The summed E-state index contributed by atoms with van der Waals surface area (Å²) in [4.78, 5) is 8.08. The summed E-state index contributed by atoms with van der Waals surface area (Å²) in [5, 5.41) is 0. The Hall–Kier alpha value is -2.10. The summed E-state index contributed by atoms with van der Waals surface area (Å²) in [6.45, 7) is 1.91. The van der Waals surface area contributed by atoms with Crippen LogP contribution in [0.5, 0.6) is 0 Å². The first-order chi connectivity index (χ1) is 7.16. The molecule has 0 fully saturated rings. The van der Waals surface area contributed by atoms with E-state index in [1.54, 1.807) is 6.20 Å². The van der Waals surface area contributed by atoms with Gasteiger partial charge in [0, 0.05) is 17.4 Å². The van der Waals surface area contributed by atoms with Gasteiger partial charge >= 0.3 is 0 Å². The van der Waals surface area contributed by atoms with Crippen LogP contribution in [0.2, 0.25) is 0 Å². The second kappa shape index (κ2) is 3.57. The number of anilines is 2. The molecule has 4 nitrogen and oxygen atoms in total. The highest BCUT2D eigenvalue weighted by Crippen LogP contribution is 2.22. The standard InChI is InChI=1S/C11H12N4/c1-7-10(6-14-11(13)15-7)8-2-4-9(12)5-3-8/h2-6H,12H2,1H3,(H2,13,14,15). The third kappa shape index (κ3) is 1.88. The first-order valence-corrected chi connectivity index (χ1v) is 4.62. The summed E-state index contributed by atoms with van der Waals surface area (Å²) < 4.78 is 0. The molecule has 0 spiro atoms. The first kappa shape index (κ1) is 9.45. The molecule has 4 N–H and O–H groups in total. The van der Waals surface area contributed by atoms with Gasteiger partial charge in [-0.2, -0.15) is 0 Å². The lowest BCUT2D eigenvalue weighted by molar-refractivity contribution is 1.12. The quantitative estimate of drug-likeness (QED) is 0.685. The van der Waals surface area contributed by atoms with Gasteiger partial charge in [0.1, 0.15) is 0 Å². The number of benzene rings is 1. The molecule has 0 atom stereocenters. The number of hydrogen-bond donors (Lipinski definition) is 2. The summed E-state index contributed by atoms with van der Waals surface area (Å²) in [5.41, 5.74) is 14.7. The van der Waals surface area contributed by atoms with Crippen molar-refractivity contribution in [2.75, 3.05) is 11.5 Å². The predicted octanol–water partition coefficient (Wildman–Crippen LogP) is 1.62. The molecule has 0 aliphatic heterocycles. The van der Waals surface area contributed by atoms with Crippen molar-refractivity contribution in [3.8, 4) is 11.1 Å². The molecule has 1 aromatic heterocycles. The van der Waals surface area contributed by atoms with E-state index in [1.165, 1.54) is 0 Å². The van der Waals surface area contributed by atoms with Gasteiger partial charge in [-0.3, -0.25) is 0 Å². The average Bonchev–Trinajstić information content (AvgIpc) is 2.20. The lowest BCUT2D eigenvalue weighted by Gasteiger charge is -2.05. The van der Waals surface area contributed by atoms with Crippen LogP contribution in [0.15, 0.2) is 30.5 Å². The van der Waals surface area contributed by atoms with Crippen LogP contribution in [0.25, 0.3) is 11.1 Å². The Balaban J connectivity index is 2.49. The number of rotatable bonds is 1. The van der Waals surface area contributed by atoms with Crippen LogP contribution in [0.4, 0.5) is 11.6 Å². The molecule has 0 saturated heterocycles. The van der Waals surface area contributed by atoms with Crippen molar-refractivity contribution in [2.45, 2.75) is 6.92 Å². The van der Waals surface area contributed by atoms with Gasteiger partial charge < -0.3 is 11.5 Å². The van der Waals surface area contributed by atoms with E-state index in [9.17, 15) is 0 Å². The second-order valence-electron chi connectivity index (χ2n) is 3.35. The number of hydrogen-bond acceptors (Lipinski definition) is 4. The molecule has 76 valence electrons. The zero-order chi connectivity index (χ0) is 10.8. The minimum Gasteiger partial charge on any atom is -0.399 e. The number of aromatic nitrogens is 2. The Kier molecular flexibility index (Phi) is 2.25. The van der Waals surface area contributed by atoms with Crippen molar-refractivity contribution < 1.29 is 0 Å².